The number of hydrogen-bond donors (Lipinski definition) is 1. The van der Waals surface area contributed by atoms with Gasteiger partial charge in [-0.25, -0.2) is 4.98 Å². The highest BCUT2D eigenvalue weighted by atomic mass is 19.4. The number of aromatic nitrogens is 2. The number of alkyl halides is 3. The fraction of sp³-hybridized carbons (Fsp3) is 0.500. The van der Waals surface area contributed by atoms with Gasteiger partial charge in [-0.05, 0) is 49.4 Å². The maximum absolute atomic E-state index is 13.2. The first-order chi connectivity index (χ1) is 12.0. The molecule has 0 fully saturated rings. The Labute approximate surface area is 149 Å². The second-order valence-corrected chi connectivity index (χ2v) is 6.81. The first kappa shape index (κ1) is 19.9. The van der Waals surface area contributed by atoms with Crippen LogP contribution in [0.1, 0.15) is 37.1 Å². The smallest absolute Gasteiger partial charge is 0.355 e. The minimum Gasteiger partial charge on any atom is -0.355 e. The number of aryl methyl sites for hydroxylation is 2. The predicted molar refractivity (Wildman–Crippen MR) is 92.9 cm³/mol. The van der Waals surface area contributed by atoms with Crippen molar-refractivity contribution >= 4 is 16.9 Å². The number of nitrogens with zero attached hydrogens (tertiary/aromatic N) is 2. The van der Waals surface area contributed by atoms with Gasteiger partial charge in [0.25, 0.3) is 5.56 Å². The topological polar surface area (TPSA) is 64.0 Å². The molecular formula is C18H22F3N3O2. The van der Waals surface area contributed by atoms with Crippen molar-refractivity contribution in [2.45, 2.75) is 46.8 Å². The van der Waals surface area contributed by atoms with Crippen molar-refractivity contribution in [1.29, 1.82) is 0 Å². The van der Waals surface area contributed by atoms with Gasteiger partial charge >= 0.3 is 6.18 Å². The highest BCUT2D eigenvalue weighted by molar-refractivity contribution is 5.81. The van der Waals surface area contributed by atoms with E-state index in [1.165, 1.54) is 6.07 Å². The molecule has 0 saturated carbocycles. The van der Waals surface area contributed by atoms with Gasteiger partial charge in [0.05, 0.1) is 11.0 Å². The van der Waals surface area contributed by atoms with Crippen molar-refractivity contribution < 1.29 is 18.0 Å². The Bertz CT molecular complexity index is 886. The Kier molecular flexibility index (Phi) is 5.73. The summed E-state index contributed by atoms with van der Waals surface area (Å²) in [6.07, 6.45) is -4.15. The van der Waals surface area contributed by atoms with E-state index >= 15 is 0 Å². The summed E-state index contributed by atoms with van der Waals surface area (Å²) in [6.45, 7) is 7.43. The first-order valence-corrected chi connectivity index (χ1v) is 8.36. The Hall–Kier alpha value is -2.38. The minimum absolute atomic E-state index is 0.0370. The van der Waals surface area contributed by atoms with Crippen molar-refractivity contribution in [3.8, 4) is 0 Å². The highest BCUT2D eigenvalue weighted by Gasteiger charge is 2.37. The molecule has 1 N–H and O–H groups in total. The van der Waals surface area contributed by atoms with E-state index in [4.69, 9.17) is 0 Å². The van der Waals surface area contributed by atoms with E-state index in [9.17, 15) is 22.8 Å². The molecule has 2 rings (SSSR count). The maximum atomic E-state index is 13.2. The number of amides is 1. The molecule has 0 bridgehead atoms. The zero-order valence-corrected chi connectivity index (χ0v) is 15.2. The van der Waals surface area contributed by atoms with Crippen molar-refractivity contribution in [2.75, 3.05) is 6.54 Å². The fourth-order valence-corrected chi connectivity index (χ4v) is 2.54. The van der Waals surface area contributed by atoms with Gasteiger partial charge in [0, 0.05) is 6.54 Å². The number of fused-ring (bicyclic) bond motifs is 1. The summed E-state index contributed by atoms with van der Waals surface area (Å²) in [4.78, 5) is 28.0. The van der Waals surface area contributed by atoms with Crippen LogP contribution in [0.5, 0.6) is 0 Å². The minimum atomic E-state index is -4.89. The molecule has 1 aromatic heterocycles. The van der Waals surface area contributed by atoms with Crippen LogP contribution in [-0.4, -0.2) is 22.0 Å². The zero-order valence-electron chi connectivity index (χ0n) is 15.2. The Morgan fingerprint density at radius 3 is 2.42 bits per heavy atom. The van der Waals surface area contributed by atoms with E-state index < -0.39 is 29.9 Å². The van der Waals surface area contributed by atoms with Crippen molar-refractivity contribution in [1.82, 2.24) is 14.9 Å². The van der Waals surface area contributed by atoms with E-state index in [-0.39, 0.29) is 11.0 Å². The van der Waals surface area contributed by atoms with E-state index in [0.717, 1.165) is 22.1 Å². The summed E-state index contributed by atoms with van der Waals surface area (Å²) in [5.74, 6) is -0.131. The molecule has 0 atom stereocenters. The molecule has 1 amide bonds. The van der Waals surface area contributed by atoms with Crippen molar-refractivity contribution in [3.05, 3.63) is 39.3 Å². The van der Waals surface area contributed by atoms with Crippen molar-refractivity contribution in [3.63, 3.8) is 0 Å². The summed E-state index contributed by atoms with van der Waals surface area (Å²) in [5, 5.41) is 2.64. The fourth-order valence-electron chi connectivity index (χ4n) is 2.54. The molecule has 142 valence electrons. The van der Waals surface area contributed by atoms with Crippen LogP contribution in [0.3, 0.4) is 0 Å². The summed E-state index contributed by atoms with van der Waals surface area (Å²) in [7, 11) is 0. The normalized spacial score (nSPS) is 12.0. The summed E-state index contributed by atoms with van der Waals surface area (Å²) in [6, 6.07) is 3.08. The SMILES string of the molecule is Cc1cc2nc(C(F)(F)F)c(=O)n(CC(=O)NCCC(C)C)c2cc1C. The monoisotopic (exact) mass is 369 g/mol. The molecule has 1 heterocycles. The van der Waals surface area contributed by atoms with Gasteiger partial charge in [0.1, 0.15) is 6.54 Å². The lowest BCUT2D eigenvalue weighted by Gasteiger charge is -2.15. The van der Waals surface area contributed by atoms with Crippen LogP contribution in [0.15, 0.2) is 16.9 Å². The summed E-state index contributed by atoms with van der Waals surface area (Å²) < 4.78 is 40.4. The van der Waals surface area contributed by atoms with Crippen LogP contribution in [0, 0.1) is 19.8 Å². The third-order valence-corrected chi connectivity index (χ3v) is 4.18. The Morgan fingerprint density at radius 1 is 1.23 bits per heavy atom. The molecule has 8 heteroatoms. The maximum Gasteiger partial charge on any atom is 0.438 e. The first-order valence-electron chi connectivity index (χ1n) is 8.36. The van der Waals surface area contributed by atoms with Crippen LogP contribution in [0.2, 0.25) is 0 Å². The third-order valence-electron chi connectivity index (χ3n) is 4.18. The van der Waals surface area contributed by atoms with Gasteiger partial charge in [-0.1, -0.05) is 13.8 Å². The zero-order chi connectivity index (χ0) is 19.6. The Balaban J connectivity index is 2.51. The molecule has 1 aromatic carbocycles. The van der Waals surface area contributed by atoms with Crippen LogP contribution in [-0.2, 0) is 17.5 Å². The quantitative estimate of drug-likeness (QED) is 0.880. The number of nitrogens with one attached hydrogen (secondary N) is 1. The number of hydrogen-bond acceptors (Lipinski definition) is 3. The van der Waals surface area contributed by atoms with Crippen molar-refractivity contribution in [2.24, 2.45) is 5.92 Å². The Morgan fingerprint density at radius 2 is 1.85 bits per heavy atom. The summed E-state index contributed by atoms with van der Waals surface area (Å²) in [5.41, 5.74) is -1.02. The van der Waals surface area contributed by atoms with E-state index in [1.807, 2.05) is 13.8 Å². The van der Waals surface area contributed by atoms with Crippen LogP contribution in [0.25, 0.3) is 11.0 Å². The number of rotatable bonds is 5. The lowest BCUT2D eigenvalue weighted by Crippen LogP contribution is -2.36. The molecule has 0 aliphatic heterocycles. The number of carbonyl (C=O) groups is 1. The average molecular weight is 369 g/mol. The highest BCUT2D eigenvalue weighted by Crippen LogP contribution is 2.27. The summed E-state index contributed by atoms with van der Waals surface area (Å²) >= 11 is 0. The van der Waals surface area contributed by atoms with E-state index in [2.05, 4.69) is 10.3 Å². The van der Waals surface area contributed by atoms with Gasteiger partial charge in [0.2, 0.25) is 11.6 Å². The third kappa shape index (κ3) is 4.42. The molecule has 26 heavy (non-hydrogen) atoms. The molecule has 0 spiro atoms. The molecule has 0 aliphatic rings. The molecule has 5 nitrogen and oxygen atoms in total. The van der Waals surface area contributed by atoms with Crippen LogP contribution in [0.4, 0.5) is 13.2 Å². The van der Waals surface area contributed by atoms with Gasteiger partial charge < -0.3 is 5.32 Å². The van der Waals surface area contributed by atoms with Gasteiger partial charge in [0.15, 0.2) is 0 Å². The van der Waals surface area contributed by atoms with Gasteiger partial charge in [-0.15, -0.1) is 0 Å². The standard InChI is InChI=1S/C18H22F3N3O2/c1-10(2)5-6-22-15(25)9-24-14-8-12(4)11(3)7-13(14)23-16(17(24)26)18(19,20)21/h7-8,10H,5-6,9H2,1-4H3,(H,22,25). The largest absolute Gasteiger partial charge is 0.438 e. The molecular weight excluding hydrogens is 347 g/mol. The van der Waals surface area contributed by atoms with Gasteiger partial charge in [-0.2, -0.15) is 13.2 Å². The number of halogens is 3. The van der Waals surface area contributed by atoms with Gasteiger partial charge in [-0.3, -0.25) is 14.2 Å². The number of carbonyl (C=O) groups excluding carboxylic acids is 1. The lowest BCUT2D eigenvalue weighted by molar-refractivity contribution is -0.142. The molecule has 2 aromatic rings. The van der Waals surface area contributed by atoms with E-state index in [1.54, 1.807) is 19.9 Å². The van der Waals surface area contributed by atoms with E-state index in [0.29, 0.717) is 12.5 Å². The molecule has 0 aliphatic carbocycles. The molecule has 0 unspecified atom stereocenters. The average Bonchev–Trinajstić information content (AvgIpc) is 2.50. The number of benzene rings is 1. The predicted octanol–water partition coefficient (Wildman–Crippen LogP) is 3.19. The van der Waals surface area contributed by atoms with Crippen LogP contribution >= 0.6 is 0 Å². The second-order valence-electron chi connectivity index (χ2n) is 6.81. The lowest BCUT2D eigenvalue weighted by atomic mass is 10.1. The molecule has 0 saturated heterocycles. The second kappa shape index (κ2) is 7.47. The molecule has 0 radical (unpaired) electrons. The van der Waals surface area contributed by atoms with Crippen LogP contribution < -0.4 is 10.9 Å².